The number of ether oxygens (including phenoxy) is 2. The van der Waals surface area contributed by atoms with Gasteiger partial charge in [-0.25, -0.2) is 0 Å². The lowest BCUT2D eigenvalue weighted by Crippen LogP contribution is -2.25. The molecule has 1 heterocycles. The zero-order valence-corrected chi connectivity index (χ0v) is 32.6. The van der Waals surface area contributed by atoms with Crippen LogP contribution in [0.5, 0.6) is 23.0 Å². The molecular weight excluding hydrogens is 719 g/mol. The second-order valence-electron chi connectivity index (χ2n) is 15.3. The molecule has 11 rings (SSSR count). The summed E-state index contributed by atoms with van der Waals surface area (Å²) in [5.41, 5.74) is 17.1. The van der Waals surface area contributed by atoms with E-state index in [-0.39, 0.29) is 0 Å². The fraction of sp³-hybridized carbons (Fsp3) is 0.0357. The third-order valence-electron chi connectivity index (χ3n) is 12.1. The number of nitrogens with zero attached hydrogens (tertiary/aromatic N) is 1. The first kappa shape index (κ1) is 34.6. The van der Waals surface area contributed by atoms with E-state index in [0.29, 0.717) is 23.0 Å². The number of benzene rings is 8. The predicted molar refractivity (Wildman–Crippen MR) is 242 cm³/mol. The normalized spacial score (nSPS) is 13.8. The van der Waals surface area contributed by atoms with Crippen molar-refractivity contribution in [3.05, 3.63) is 246 Å². The molecule has 0 amide bonds. The largest absolute Gasteiger partial charge is 0.449 e. The minimum atomic E-state index is -0.465. The summed E-state index contributed by atoms with van der Waals surface area (Å²) in [6.07, 6.45) is 6.20. The maximum atomic E-state index is 6.91. The summed E-state index contributed by atoms with van der Waals surface area (Å²) in [6.45, 7) is 6.29. The fourth-order valence-corrected chi connectivity index (χ4v) is 9.48. The van der Waals surface area contributed by atoms with E-state index in [1.54, 1.807) is 0 Å². The molecule has 0 radical (unpaired) electrons. The van der Waals surface area contributed by atoms with Crippen molar-refractivity contribution in [3.63, 3.8) is 0 Å². The van der Waals surface area contributed by atoms with Crippen LogP contribution in [0.1, 0.15) is 34.7 Å². The van der Waals surface area contributed by atoms with Crippen LogP contribution in [0, 0.1) is 0 Å². The lowest BCUT2D eigenvalue weighted by molar-refractivity contribution is 0.359. The second-order valence-corrected chi connectivity index (χ2v) is 15.3. The van der Waals surface area contributed by atoms with Crippen LogP contribution in [0.3, 0.4) is 0 Å². The Morgan fingerprint density at radius 2 is 0.983 bits per heavy atom. The molecular formula is C56H39NO2. The first-order chi connectivity index (χ1) is 29.1. The molecule has 0 saturated heterocycles. The van der Waals surface area contributed by atoms with E-state index in [1.807, 2.05) is 24.3 Å². The van der Waals surface area contributed by atoms with Crippen LogP contribution in [0.2, 0.25) is 0 Å². The third-order valence-corrected chi connectivity index (χ3v) is 12.1. The third kappa shape index (κ3) is 5.43. The molecule has 0 aromatic heterocycles. The van der Waals surface area contributed by atoms with E-state index in [4.69, 9.17) is 9.47 Å². The van der Waals surface area contributed by atoms with Gasteiger partial charge in [-0.2, -0.15) is 0 Å². The SMILES string of the molecule is C=C/C(=C\C=C(/C)N(c1ccccc1)c1ccc2c(c1)Oc1cc3c(cc1O2)-c1ccccc1C31c2ccccc2-c2ccccc21)c1ccc(-c2ccccc2)cc1. The number of allylic oxidation sites excluding steroid dienone is 5. The maximum absolute atomic E-state index is 6.91. The van der Waals surface area contributed by atoms with Gasteiger partial charge in [-0.3, -0.25) is 0 Å². The Hall–Kier alpha value is -7.62. The van der Waals surface area contributed by atoms with Gasteiger partial charge in [0.2, 0.25) is 0 Å². The molecule has 59 heavy (non-hydrogen) atoms. The van der Waals surface area contributed by atoms with Gasteiger partial charge in [0.05, 0.1) is 5.41 Å². The highest BCUT2D eigenvalue weighted by Crippen LogP contribution is 2.64. The van der Waals surface area contributed by atoms with Crippen LogP contribution in [-0.2, 0) is 5.41 Å². The van der Waals surface area contributed by atoms with Crippen molar-refractivity contribution in [2.45, 2.75) is 12.3 Å². The van der Waals surface area contributed by atoms with Crippen molar-refractivity contribution in [1.29, 1.82) is 0 Å². The van der Waals surface area contributed by atoms with E-state index in [1.165, 1.54) is 55.6 Å². The maximum Gasteiger partial charge on any atom is 0.172 e. The van der Waals surface area contributed by atoms with E-state index >= 15 is 0 Å². The number of rotatable bonds is 7. The Morgan fingerprint density at radius 3 is 1.63 bits per heavy atom. The molecule has 3 heteroatoms. The van der Waals surface area contributed by atoms with Crippen LogP contribution >= 0.6 is 0 Å². The zero-order chi connectivity index (χ0) is 39.5. The summed E-state index contributed by atoms with van der Waals surface area (Å²) in [6, 6.07) is 66.7. The average Bonchev–Trinajstić information content (AvgIpc) is 3.75. The van der Waals surface area contributed by atoms with Crippen LogP contribution in [0.25, 0.3) is 39.0 Å². The molecule has 0 unspecified atom stereocenters. The molecule has 8 aromatic carbocycles. The van der Waals surface area contributed by atoms with E-state index in [9.17, 15) is 0 Å². The Balaban J connectivity index is 0.972. The number of hydrogen-bond donors (Lipinski definition) is 0. The Morgan fingerprint density at radius 1 is 0.458 bits per heavy atom. The van der Waals surface area contributed by atoms with Gasteiger partial charge in [0, 0.05) is 23.1 Å². The summed E-state index contributed by atoms with van der Waals surface area (Å²) in [5, 5.41) is 0. The molecule has 0 fully saturated rings. The molecule has 0 atom stereocenters. The van der Waals surface area contributed by atoms with Gasteiger partial charge in [0.1, 0.15) is 0 Å². The topological polar surface area (TPSA) is 21.7 Å². The van der Waals surface area contributed by atoms with Crippen LogP contribution < -0.4 is 14.4 Å². The quantitative estimate of drug-likeness (QED) is 0.151. The summed E-state index contributed by atoms with van der Waals surface area (Å²) >= 11 is 0. The monoisotopic (exact) mass is 757 g/mol. The molecule has 3 aliphatic rings. The molecule has 8 aromatic rings. The lowest BCUT2D eigenvalue weighted by atomic mass is 9.70. The summed E-state index contributed by atoms with van der Waals surface area (Å²) < 4.78 is 13.6. The molecule has 3 nitrogen and oxygen atoms in total. The van der Waals surface area contributed by atoms with Gasteiger partial charge in [0.15, 0.2) is 23.0 Å². The van der Waals surface area contributed by atoms with Gasteiger partial charge in [0.25, 0.3) is 0 Å². The molecule has 0 bridgehead atoms. The summed E-state index contributed by atoms with van der Waals surface area (Å²) in [7, 11) is 0. The average molecular weight is 758 g/mol. The first-order valence-electron chi connectivity index (χ1n) is 20.1. The van der Waals surface area contributed by atoms with Crippen molar-refractivity contribution >= 4 is 16.9 Å². The fourth-order valence-electron chi connectivity index (χ4n) is 9.48. The summed E-state index contributed by atoms with van der Waals surface area (Å²) in [5.74, 6) is 2.77. The Kier molecular flexibility index (Phi) is 8.09. The number of para-hydroxylation sites is 1. The summed E-state index contributed by atoms with van der Waals surface area (Å²) in [4.78, 5) is 2.25. The number of anilines is 2. The number of hydrogen-bond acceptors (Lipinski definition) is 3. The van der Waals surface area contributed by atoms with Gasteiger partial charge in [-0.15, -0.1) is 0 Å². The molecule has 1 spiro atoms. The van der Waals surface area contributed by atoms with Crippen molar-refractivity contribution < 1.29 is 9.47 Å². The second kappa shape index (κ2) is 13.8. The smallest absolute Gasteiger partial charge is 0.172 e. The van der Waals surface area contributed by atoms with Crippen molar-refractivity contribution in [3.8, 4) is 56.4 Å². The molecule has 1 aliphatic heterocycles. The van der Waals surface area contributed by atoms with Crippen molar-refractivity contribution in [2.75, 3.05) is 4.90 Å². The Bertz CT molecular complexity index is 2970. The molecule has 0 N–H and O–H groups in total. The van der Waals surface area contributed by atoms with Gasteiger partial charge >= 0.3 is 0 Å². The highest BCUT2D eigenvalue weighted by Gasteiger charge is 2.52. The lowest BCUT2D eigenvalue weighted by Gasteiger charge is -2.31. The van der Waals surface area contributed by atoms with Crippen molar-refractivity contribution in [2.24, 2.45) is 0 Å². The first-order valence-corrected chi connectivity index (χ1v) is 20.1. The zero-order valence-electron chi connectivity index (χ0n) is 32.6. The van der Waals surface area contributed by atoms with E-state index in [0.717, 1.165) is 28.2 Å². The molecule has 280 valence electrons. The van der Waals surface area contributed by atoms with Gasteiger partial charge < -0.3 is 14.4 Å². The number of fused-ring (bicyclic) bond motifs is 12. The van der Waals surface area contributed by atoms with Gasteiger partial charge in [-0.1, -0.05) is 164 Å². The highest BCUT2D eigenvalue weighted by atomic mass is 16.6. The minimum absolute atomic E-state index is 0.465. The predicted octanol–water partition coefficient (Wildman–Crippen LogP) is 14.9. The van der Waals surface area contributed by atoms with E-state index < -0.39 is 5.41 Å². The van der Waals surface area contributed by atoms with Crippen molar-refractivity contribution in [1.82, 2.24) is 0 Å². The molecule has 0 saturated carbocycles. The standard InChI is InChI=1S/C56H39NO2/c1-3-38(40-28-30-41(31-29-40)39-16-6-4-7-17-39)27-26-37(2)57(42-18-8-5-9-19-42)43-32-33-52-53(34-43)59-55-36-51-47(35-54(55)58-52)46-22-12-15-25-50(46)56(51)48-23-13-10-20-44(48)45-21-11-14-24-49(45)56/h3-36H,1H2,2H3/b37-26+,38-27+. The molecule has 2 aliphatic carbocycles. The van der Waals surface area contributed by atoms with Crippen LogP contribution in [-0.4, -0.2) is 0 Å². The highest BCUT2D eigenvalue weighted by molar-refractivity contribution is 5.96. The Labute approximate surface area is 345 Å². The van der Waals surface area contributed by atoms with Crippen LogP contribution in [0.4, 0.5) is 11.4 Å². The van der Waals surface area contributed by atoms with Gasteiger partial charge in [-0.05, 0) is 116 Å². The van der Waals surface area contributed by atoms with Crippen LogP contribution in [0.15, 0.2) is 219 Å². The minimum Gasteiger partial charge on any atom is -0.449 e. The van der Waals surface area contributed by atoms with E-state index in [2.05, 4.69) is 200 Å².